The van der Waals surface area contributed by atoms with Crippen molar-refractivity contribution < 1.29 is 14.3 Å². The molecule has 1 aliphatic rings. The molecule has 0 bridgehead atoms. The zero-order chi connectivity index (χ0) is 10.1. The van der Waals surface area contributed by atoms with Crippen molar-refractivity contribution in [2.45, 2.75) is 6.92 Å². The number of ether oxygens (including phenoxy) is 2. The number of anilines is 1. The van der Waals surface area contributed by atoms with Gasteiger partial charge >= 0.3 is 0 Å². The average molecular weight is 193 g/mol. The zero-order valence-corrected chi connectivity index (χ0v) is 7.87. The number of fused-ring (bicyclic) bond motifs is 1. The highest BCUT2D eigenvalue weighted by atomic mass is 16.6. The summed E-state index contributed by atoms with van der Waals surface area (Å²) in [4.78, 5) is 11.1. The van der Waals surface area contributed by atoms with Gasteiger partial charge in [-0.1, -0.05) is 0 Å². The molecule has 1 aromatic rings. The van der Waals surface area contributed by atoms with Gasteiger partial charge in [0, 0.05) is 5.56 Å². The number of carbonyl (C=O) groups is 1. The van der Waals surface area contributed by atoms with Crippen molar-refractivity contribution in [1.29, 1.82) is 0 Å². The van der Waals surface area contributed by atoms with E-state index in [0.717, 1.165) is 0 Å². The molecular weight excluding hydrogens is 182 g/mol. The van der Waals surface area contributed by atoms with Crippen molar-refractivity contribution in [3.8, 4) is 11.5 Å². The lowest BCUT2D eigenvalue weighted by Crippen LogP contribution is -2.17. The van der Waals surface area contributed by atoms with Crippen molar-refractivity contribution in [3.05, 3.63) is 17.7 Å². The summed E-state index contributed by atoms with van der Waals surface area (Å²) in [6, 6.07) is 3.27. The van der Waals surface area contributed by atoms with Crippen LogP contribution in [0.4, 0.5) is 5.69 Å². The molecule has 4 heteroatoms. The molecule has 1 heterocycles. The van der Waals surface area contributed by atoms with Crippen molar-refractivity contribution in [1.82, 2.24) is 0 Å². The Morgan fingerprint density at radius 2 is 2.07 bits per heavy atom. The van der Waals surface area contributed by atoms with E-state index in [4.69, 9.17) is 15.2 Å². The molecule has 4 nitrogen and oxygen atoms in total. The van der Waals surface area contributed by atoms with E-state index in [9.17, 15) is 4.79 Å². The topological polar surface area (TPSA) is 61.6 Å². The second-order valence-electron chi connectivity index (χ2n) is 3.15. The molecule has 0 aromatic heterocycles. The number of hydrogen-bond donors (Lipinski definition) is 1. The van der Waals surface area contributed by atoms with Crippen LogP contribution in [-0.4, -0.2) is 19.0 Å². The Morgan fingerprint density at radius 3 is 2.79 bits per heavy atom. The van der Waals surface area contributed by atoms with E-state index in [1.165, 1.54) is 6.92 Å². The molecule has 0 aliphatic carbocycles. The first-order chi connectivity index (χ1) is 6.68. The fraction of sp³-hybridized carbons (Fsp3) is 0.300. The van der Waals surface area contributed by atoms with E-state index in [0.29, 0.717) is 36.0 Å². The van der Waals surface area contributed by atoms with Crippen molar-refractivity contribution in [3.63, 3.8) is 0 Å². The summed E-state index contributed by atoms with van der Waals surface area (Å²) in [6.07, 6.45) is 0. The maximum absolute atomic E-state index is 11.1. The van der Waals surface area contributed by atoms with Gasteiger partial charge < -0.3 is 15.2 Å². The number of carbonyl (C=O) groups excluding carboxylic acids is 1. The van der Waals surface area contributed by atoms with Gasteiger partial charge in [-0.15, -0.1) is 0 Å². The van der Waals surface area contributed by atoms with Crippen molar-refractivity contribution in [2.75, 3.05) is 18.9 Å². The largest absolute Gasteiger partial charge is 0.486 e. The number of nitrogen functional groups attached to an aromatic ring is 1. The van der Waals surface area contributed by atoms with Crippen LogP contribution in [0.15, 0.2) is 12.1 Å². The highest BCUT2D eigenvalue weighted by Gasteiger charge is 2.16. The Morgan fingerprint density at radius 1 is 1.36 bits per heavy atom. The maximum atomic E-state index is 11.1. The summed E-state index contributed by atoms with van der Waals surface area (Å²) in [6.45, 7) is 2.48. The van der Waals surface area contributed by atoms with Gasteiger partial charge in [-0.3, -0.25) is 4.79 Å². The monoisotopic (exact) mass is 193 g/mol. The van der Waals surface area contributed by atoms with Gasteiger partial charge in [0.2, 0.25) is 0 Å². The third-order valence-corrected chi connectivity index (χ3v) is 2.08. The SMILES string of the molecule is CC(=O)c1cc(N)c2c(c1)OCCO2. The quantitative estimate of drug-likeness (QED) is 0.538. The molecule has 2 rings (SSSR count). The van der Waals surface area contributed by atoms with E-state index < -0.39 is 0 Å². The average Bonchev–Trinajstić information content (AvgIpc) is 2.17. The number of nitrogens with two attached hydrogens (primary N) is 1. The van der Waals surface area contributed by atoms with E-state index in [1.807, 2.05) is 0 Å². The Bertz CT molecular complexity index is 387. The fourth-order valence-electron chi connectivity index (χ4n) is 1.38. The number of rotatable bonds is 1. The molecule has 0 amide bonds. The molecular formula is C10H11NO3. The smallest absolute Gasteiger partial charge is 0.184 e. The van der Waals surface area contributed by atoms with E-state index in [1.54, 1.807) is 12.1 Å². The lowest BCUT2D eigenvalue weighted by atomic mass is 10.1. The summed E-state index contributed by atoms with van der Waals surface area (Å²) >= 11 is 0. The Balaban J connectivity index is 2.51. The molecule has 0 atom stereocenters. The first-order valence-electron chi connectivity index (χ1n) is 4.38. The molecule has 74 valence electrons. The van der Waals surface area contributed by atoms with Gasteiger partial charge in [0.1, 0.15) is 13.2 Å². The van der Waals surface area contributed by atoms with Crippen LogP contribution in [-0.2, 0) is 0 Å². The second-order valence-corrected chi connectivity index (χ2v) is 3.15. The van der Waals surface area contributed by atoms with Crippen LogP contribution >= 0.6 is 0 Å². The summed E-state index contributed by atoms with van der Waals surface area (Å²) in [5, 5.41) is 0. The normalized spacial score (nSPS) is 13.8. The maximum Gasteiger partial charge on any atom is 0.184 e. The molecule has 2 N–H and O–H groups in total. The first-order valence-corrected chi connectivity index (χ1v) is 4.38. The van der Waals surface area contributed by atoms with Gasteiger partial charge in [-0.05, 0) is 19.1 Å². The molecule has 14 heavy (non-hydrogen) atoms. The third kappa shape index (κ3) is 1.39. The predicted molar refractivity (Wildman–Crippen MR) is 51.8 cm³/mol. The van der Waals surface area contributed by atoms with Gasteiger partial charge in [0.05, 0.1) is 5.69 Å². The standard InChI is InChI=1S/C10H11NO3/c1-6(12)7-4-8(11)10-9(5-7)13-2-3-14-10/h4-5H,2-3,11H2,1H3. The number of Topliss-reactive ketones (excluding diaryl/α,β-unsaturated/α-hetero) is 1. The van der Waals surface area contributed by atoms with E-state index >= 15 is 0 Å². The van der Waals surface area contributed by atoms with Crippen molar-refractivity contribution in [2.24, 2.45) is 0 Å². The lowest BCUT2D eigenvalue weighted by Gasteiger charge is -2.20. The molecule has 1 aliphatic heterocycles. The minimum absolute atomic E-state index is 0.0336. The molecule has 0 saturated carbocycles. The van der Waals surface area contributed by atoms with Gasteiger partial charge in [-0.25, -0.2) is 0 Å². The molecule has 1 aromatic carbocycles. The molecule has 0 unspecified atom stereocenters. The molecule has 0 fully saturated rings. The van der Waals surface area contributed by atoms with Crippen LogP contribution in [0.3, 0.4) is 0 Å². The summed E-state index contributed by atoms with van der Waals surface area (Å²) in [5.74, 6) is 1.07. The van der Waals surface area contributed by atoms with E-state index in [-0.39, 0.29) is 5.78 Å². The molecule has 0 radical (unpaired) electrons. The highest BCUT2D eigenvalue weighted by molar-refractivity contribution is 5.96. The van der Waals surface area contributed by atoms with Gasteiger partial charge in [0.25, 0.3) is 0 Å². The molecule has 0 saturated heterocycles. The number of ketones is 1. The summed E-state index contributed by atoms with van der Waals surface area (Å²) < 4.78 is 10.7. The van der Waals surface area contributed by atoms with Crippen LogP contribution in [0, 0.1) is 0 Å². The van der Waals surface area contributed by atoms with Crippen LogP contribution in [0.1, 0.15) is 17.3 Å². The Labute approximate surface area is 81.6 Å². The molecule has 0 spiro atoms. The van der Waals surface area contributed by atoms with Gasteiger partial charge in [-0.2, -0.15) is 0 Å². The van der Waals surface area contributed by atoms with Crippen LogP contribution in [0.25, 0.3) is 0 Å². The van der Waals surface area contributed by atoms with Crippen LogP contribution in [0.2, 0.25) is 0 Å². The minimum Gasteiger partial charge on any atom is -0.486 e. The van der Waals surface area contributed by atoms with E-state index in [2.05, 4.69) is 0 Å². The summed E-state index contributed by atoms with van der Waals surface area (Å²) in [5.41, 5.74) is 6.72. The minimum atomic E-state index is -0.0336. The van der Waals surface area contributed by atoms with Crippen LogP contribution < -0.4 is 15.2 Å². The third-order valence-electron chi connectivity index (χ3n) is 2.08. The lowest BCUT2D eigenvalue weighted by molar-refractivity contribution is 0.101. The first kappa shape index (κ1) is 8.87. The number of hydrogen-bond acceptors (Lipinski definition) is 4. The predicted octanol–water partition coefficient (Wildman–Crippen LogP) is 1.24. The Hall–Kier alpha value is -1.71. The summed E-state index contributed by atoms with van der Waals surface area (Å²) in [7, 11) is 0. The van der Waals surface area contributed by atoms with Crippen molar-refractivity contribution >= 4 is 11.5 Å². The Kier molecular flexibility index (Phi) is 2.04. The highest BCUT2D eigenvalue weighted by Crippen LogP contribution is 2.36. The zero-order valence-electron chi connectivity index (χ0n) is 7.87. The number of benzene rings is 1. The fourth-order valence-corrected chi connectivity index (χ4v) is 1.38. The second kappa shape index (κ2) is 3.21. The van der Waals surface area contributed by atoms with Crippen LogP contribution in [0.5, 0.6) is 11.5 Å². The van der Waals surface area contributed by atoms with Gasteiger partial charge in [0.15, 0.2) is 17.3 Å².